The molecule has 0 spiro atoms. The molecule has 6 heteroatoms. The van der Waals surface area contributed by atoms with E-state index in [-0.39, 0.29) is 16.7 Å². The van der Waals surface area contributed by atoms with Crippen molar-refractivity contribution in [1.82, 2.24) is 9.97 Å². The highest BCUT2D eigenvalue weighted by molar-refractivity contribution is 6.36. The second-order valence-corrected chi connectivity index (χ2v) is 4.89. The molecule has 2 aromatic heterocycles. The van der Waals surface area contributed by atoms with Crippen molar-refractivity contribution in [1.29, 1.82) is 0 Å². The number of nitrogens with zero attached hydrogens (tertiary/aromatic N) is 2. The molecule has 2 heterocycles. The Morgan fingerprint density at radius 1 is 1.05 bits per heavy atom. The molecule has 0 amide bonds. The Balaban J connectivity index is 2.08. The minimum Gasteiger partial charge on any atom is -0.435 e. The van der Waals surface area contributed by atoms with E-state index in [1.165, 1.54) is 6.07 Å². The highest BCUT2D eigenvalue weighted by Gasteiger charge is 2.11. The lowest BCUT2D eigenvalue weighted by Gasteiger charge is -2.09. The van der Waals surface area contributed by atoms with E-state index in [4.69, 9.17) is 33.7 Å². The molecule has 2 N–H and O–H groups in total. The van der Waals surface area contributed by atoms with E-state index in [1.54, 1.807) is 12.3 Å². The fourth-order valence-corrected chi connectivity index (χ4v) is 2.19. The first-order chi connectivity index (χ1) is 9.65. The summed E-state index contributed by atoms with van der Waals surface area (Å²) < 4.78 is 5.71. The Morgan fingerprint density at radius 2 is 1.85 bits per heavy atom. The molecular formula is C14H9Cl2N3O. The Labute approximate surface area is 125 Å². The predicted molar refractivity (Wildman–Crippen MR) is 80.5 cm³/mol. The maximum Gasteiger partial charge on any atom is 0.240 e. The van der Waals surface area contributed by atoms with Crippen LogP contribution in [0.25, 0.3) is 10.9 Å². The van der Waals surface area contributed by atoms with Crippen molar-refractivity contribution in [3.05, 3.63) is 52.6 Å². The SMILES string of the molecule is Nc1nc(Oc2cccc3cccnc23)c(Cl)cc1Cl. The summed E-state index contributed by atoms with van der Waals surface area (Å²) in [4.78, 5) is 8.33. The van der Waals surface area contributed by atoms with Gasteiger partial charge < -0.3 is 10.5 Å². The topological polar surface area (TPSA) is 61.0 Å². The van der Waals surface area contributed by atoms with Crippen LogP contribution >= 0.6 is 23.2 Å². The first kappa shape index (κ1) is 13.0. The van der Waals surface area contributed by atoms with Gasteiger partial charge in [-0.15, -0.1) is 0 Å². The molecular weight excluding hydrogens is 297 g/mol. The summed E-state index contributed by atoms with van der Waals surface area (Å²) in [6.45, 7) is 0. The summed E-state index contributed by atoms with van der Waals surface area (Å²) in [5.41, 5.74) is 6.38. The average Bonchev–Trinajstić information content (AvgIpc) is 2.45. The summed E-state index contributed by atoms with van der Waals surface area (Å²) in [5, 5.41) is 1.54. The third-order valence-electron chi connectivity index (χ3n) is 2.73. The zero-order chi connectivity index (χ0) is 14.1. The van der Waals surface area contributed by atoms with E-state index < -0.39 is 0 Å². The Kier molecular flexibility index (Phi) is 3.34. The lowest BCUT2D eigenvalue weighted by Crippen LogP contribution is -1.96. The number of ether oxygens (including phenoxy) is 1. The Hall–Kier alpha value is -2.04. The van der Waals surface area contributed by atoms with Crippen LogP contribution in [0.2, 0.25) is 10.0 Å². The lowest BCUT2D eigenvalue weighted by molar-refractivity contribution is 0.468. The quantitative estimate of drug-likeness (QED) is 0.766. The molecule has 100 valence electrons. The molecule has 0 saturated heterocycles. The summed E-state index contributed by atoms with van der Waals surface area (Å²) >= 11 is 11.9. The van der Waals surface area contributed by atoms with Crippen molar-refractivity contribution in [2.24, 2.45) is 0 Å². The molecule has 0 aliphatic heterocycles. The van der Waals surface area contributed by atoms with Gasteiger partial charge in [0.1, 0.15) is 16.4 Å². The standard InChI is InChI=1S/C14H9Cl2N3O/c15-9-7-10(16)14(19-13(9)17)20-11-5-1-3-8-4-2-6-18-12(8)11/h1-7H,(H2,17,19). The van der Waals surface area contributed by atoms with Gasteiger partial charge in [0, 0.05) is 11.6 Å². The number of pyridine rings is 2. The number of hydrogen-bond acceptors (Lipinski definition) is 4. The van der Waals surface area contributed by atoms with Gasteiger partial charge in [-0.1, -0.05) is 41.4 Å². The van der Waals surface area contributed by atoms with Gasteiger partial charge in [-0.3, -0.25) is 4.98 Å². The smallest absolute Gasteiger partial charge is 0.240 e. The maximum atomic E-state index is 6.05. The number of para-hydroxylation sites is 1. The zero-order valence-corrected chi connectivity index (χ0v) is 11.7. The van der Waals surface area contributed by atoms with Gasteiger partial charge in [-0.05, 0) is 18.2 Å². The maximum absolute atomic E-state index is 6.05. The van der Waals surface area contributed by atoms with E-state index in [2.05, 4.69) is 9.97 Å². The zero-order valence-electron chi connectivity index (χ0n) is 10.2. The minimum atomic E-state index is 0.166. The van der Waals surface area contributed by atoms with E-state index >= 15 is 0 Å². The molecule has 0 fully saturated rings. The summed E-state index contributed by atoms with van der Waals surface area (Å²) in [6, 6.07) is 10.9. The van der Waals surface area contributed by atoms with Crippen molar-refractivity contribution in [2.45, 2.75) is 0 Å². The number of aromatic nitrogens is 2. The van der Waals surface area contributed by atoms with Crippen LogP contribution in [0.4, 0.5) is 5.82 Å². The van der Waals surface area contributed by atoms with Crippen LogP contribution in [0.5, 0.6) is 11.6 Å². The number of hydrogen-bond donors (Lipinski definition) is 1. The third kappa shape index (κ3) is 2.35. The number of nitrogen functional groups attached to an aromatic ring is 1. The van der Waals surface area contributed by atoms with Crippen molar-refractivity contribution < 1.29 is 4.74 Å². The van der Waals surface area contributed by atoms with Gasteiger partial charge in [0.2, 0.25) is 5.88 Å². The molecule has 1 aromatic carbocycles. The fourth-order valence-electron chi connectivity index (χ4n) is 1.80. The van der Waals surface area contributed by atoms with Crippen LogP contribution in [-0.2, 0) is 0 Å². The number of fused-ring (bicyclic) bond motifs is 1. The monoisotopic (exact) mass is 305 g/mol. The van der Waals surface area contributed by atoms with E-state index in [0.717, 1.165) is 10.9 Å². The second-order valence-electron chi connectivity index (χ2n) is 4.08. The lowest BCUT2D eigenvalue weighted by atomic mass is 10.2. The number of halogens is 2. The number of nitrogens with two attached hydrogens (primary N) is 1. The molecule has 0 aliphatic carbocycles. The number of benzene rings is 1. The summed E-state index contributed by atoms with van der Waals surface area (Å²) in [7, 11) is 0. The summed E-state index contributed by atoms with van der Waals surface area (Å²) in [5.74, 6) is 0.921. The fraction of sp³-hybridized carbons (Fsp3) is 0. The molecule has 0 unspecified atom stereocenters. The molecule has 0 atom stereocenters. The molecule has 0 saturated carbocycles. The van der Waals surface area contributed by atoms with Crippen molar-refractivity contribution in [3.8, 4) is 11.6 Å². The molecule has 3 rings (SSSR count). The Morgan fingerprint density at radius 3 is 2.70 bits per heavy atom. The van der Waals surface area contributed by atoms with E-state index in [9.17, 15) is 0 Å². The van der Waals surface area contributed by atoms with Crippen molar-refractivity contribution in [3.63, 3.8) is 0 Å². The number of rotatable bonds is 2. The molecule has 3 aromatic rings. The highest BCUT2D eigenvalue weighted by Crippen LogP contribution is 2.34. The van der Waals surface area contributed by atoms with Crippen LogP contribution in [0, 0.1) is 0 Å². The largest absolute Gasteiger partial charge is 0.435 e. The predicted octanol–water partition coefficient (Wildman–Crippen LogP) is 4.31. The summed E-state index contributed by atoms with van der Waals surface area (Å²) in [6.07, 6.45) is 1.69. The van der Waals surface area contributed by atoms with Crippen molar-refractivity contribution >= 4 is 39.9 Å². The minimum absolute atomic E-state index is 0.166. The van der Waals surface area contributed by atoms with Crippen LogP contribution in [0.3, 0.4) is 0 Å². The first-order valence-electron chi connectivity index (χ1n) is 5.78. The Bertz CT molecular complexity index is 787. The molecule has 0 aliphatic rings. The van der Waals surface area contributed by atoms with E-state index in [1.807, 2.05) is 24.3 Å². The van der Waals surface area contributed by atoms with Crippen LogP contribution < -0.4 is 10.5 Å². The molecule has 20 heavy (non-hydrogen) atoms. The van der Waals surface area contributed by atoms with Gasteiger partial charge in [-0.2, -0.15) is 4.98 Å². The van der Waals surface area contributed by atoms with Crippen LogP contribution in [0.15, 0.2) is 42.6 Å². The van der Waals surface area contributed by atoms with Gasteiger partial charge in [-0.25, -0.2) is 0 Å². The molecule has 0 radical (unpaired) electrons. The van der Waals surface area contributed by atoms with Crippen molar-refractivity contribution in [2.75, 3.05) is 5.73 Å². The van der Waals surface area contributed by atoms with Crippen LogP contribution in [0.1, 0.15) is 0 Å². The van der Waals surface area contributed by atoms with Gasteiger partial charge in [0.05, 0.1) is 5.02 Å². The second kappa shape index (κ2) is 5.15. The van der Waals surface area contributed by atoms with E-state index in [0.29, 0.717) is 10.8 Å². The first-order valence-corrected chi connectivity index (χ1v) is 6.54. The normalized spacial score (nSPS) is 10.7. The molecule has 0 bridgehead atoms. The number of anilines is 1. The average molecular weight is 306 g/mol. The van der Waals surface area contributed by atoms with Gasteiger partial charge in [0.15, 0.2) is 5.75 Å². The van der Waals surface area contributed by atoms with Gasteiger partial charge >= 0.3 is 0 Å². The highest BCUT2D eigenvalue weighted by atomic mass is 35.5. The van der Waals surface area contributed by atoms with Crippen LogP contribution in [-0.4, -0.2) is 9.97 Å². The molecule has 4 nitrogen and oxygen atoms in total. The third-order valence-corrected chi connectivity index (χ3v) is 3.30. The van der Waals surface area contributed by atoms with Gasteiger partial charge in [0.25, 0.3) is 0 Å².